The average molecular weight is 530 g/mol. The summed E-state index contributed by atoms with van der Waals surface area (Å²) < 4.78 is 27.3. The second-order valence-corrected chi connectivity index (χ2v) is 9.86. The van der Waals surface area contributed by atoms with Crippen molar-refractivity contribution in [3.05, 3.63) is 89.9 Å². The number of methoxy groups -OCH3 is 2. The fourth-order valence-electron chi connectivity index (χ4n) is 4.90. The van der Waals surface area contributed by atoms with Gasteiger partial charge < -0.3 is 14.0 Å². The summed E-state index contributed by atoms with van der Waals surface area (Å²) >= 11 is 0. The van der Waals surface area contributed by atoms with Crippen molar-refractivity contribution in [2.45, 2.75) is 59.2 Å². The van der Waals surface area contributed by atoms with Gasteiger partial charge in [-0.2, -0.15) is 0 Å². The van der Waals surface area contributed by atoms with Gasteiger partial charge in [-0.05, 0) is 61.3 Å². The van der Waals surface area contributed by atoms with Crippen LogP contribution in [0, 0.1) is 5.82 Å². The lowest BCUT2D eigenvalue weighted by Crippen LogP contribution is -2.26. The molecule has 0 saturated heterocycles. The molecule has 0 amide bonds. The minimum atomic E-state index is -0.243. The highest BCUT2D eigenvalue weighted by Crippen LogP contribution is 2.32. The topological polar surface area (TPSA) is 39.5 Å². The van der Waals surface area contributed by atoms with Crippen LogP contribution in [0.15, 0.2) is 72.8 Å². The van der Waals surface area contributed by atoms with E-state index < -0.39 is 0 Å². The predicted molar refractivity (Wildman–Crippen MR) is 157 cm³/mol. The molecule has 1 heterocycles. The Kier molecular flexibility index (Phi) is 10.1. The maximum Gasteiger partial charge on any atom is 0.161 e. The Labute approximate surface area is 232 Å². The molecule has 6 heteroatoms. The number of unbranched alkanes of at least 4 members (excludes halogenated alkanes) is 2. The van der Waals surface area contributed by atoms with Gasteiger partial charge in [0.1, 0.15) is 11.6 Å². The first-order valence-electron chi connectivity index (χ1n) is 13.9. The van der Waals surface area contributed by atoms with Gasteiger partial charge in [0.25, 0.3) is 0 Å². The van der Waals surface area contributed by atoms with Gasteiger partial charge in [-0.25, -0.2) is 9.37 Å². The Morgan fingerprint density at radius 3 is 2.18 bits per heavy atom. The molecule has 4 aromatic rings. The van der Waals surface area contributed by atoms with Gasteiger partial charge in [0.2, 0.25) is 0 Å². The maximum atomic E-state index is 13.9. The van der Waals surface area contributed by atoms with Crippen LogP contribution in [-0.2, 0) is 19.6 Å². The van der Waals surface area contributed by atoms with Crippen LogP contribution in [0.4, 0.5) is 4.39 Å². The van der Waals surface area contributed by atoms with Crippen molar-refractivity contribution in [2.24, 2.45) is 0 Å². The Morgan fingerprint density at radius 1 is 0.795 bits per heavy atom. The number of nitrogens with zero attached hydrogens (tertiary/aromatic N) is 3. The van der Waals surface area contributed by atoms with Crippen LogP contribution in [0.5, 0.6) is 11.5 Å². The van der Waals surface area contributed by atoms with Gasteiger partial charge in [-0.3, -0.25) is 4.90 Å². The third-order valence-corrected chi connectivity index (χ3v) is 7.01. The summed E-state index contributed by atoms with van der Waals surface area (Å²) in [6.45, 7) is 7.75. The monoisotopic (exact) mass is 529 g/mol. The lowest BCUT2D eigenvalue weighted by Gasteiger charge is -2.24. The largest absolute Gasteiger partial charge is 0.493 e. The van der Waals surface area contributed by atoms with Crippen LogP contribution in [-0.4, -0.2) is 35.2 Å². The fraction of sp³-hybridized carbons (Fsp3) is 0.364. The molecule has 39 heavy (non-hydrogen) atoms. The molecule has 0 fully saturated rings. The molecule has 0 spiro atoms. The van der Waals surface area contributed by atoms with E-state index in [2.05, 4.69) is 59.7 Å². The van der Waals surface area contributed by atoms with Crippen molar-refractivity contribution in [1.29, 1.82) is 0 Å². The Hall–Kier alpha value is -3.64. The number of benzene rings is 3. The molecule has 0 bridgehead atoms. The Morgan fingerprint density at radius 2 is 1.51 bits per heavy atom. The van der Waals surface area contributed by atoms with E-state index in [-0.39, 0.29) is 5.82 Å². The van der Waals surface area contributed by atoms with E-state index in [0.717, 1.165) is 97.3 Å². The number of aromatic nitrogens is 2. The van der Waals surface area contributed by atoms with Crippen molar-refractivity contribution < 1.29 is 13.9 Å². The Bertz CT molecular complexity index is 1320. The van der Waals surface area contributed by atoms with Gasteiger partial charge in [-0.15, -0.1) is 0 Å². The second-order valence-electron chi connectivity index (χ2n) is 9.86. The van der Waals surface area contributed by atoms with E-state index in [1.165, 1.54) is 12.1 Å². The summed E-state index contributed by atoms with van der Waals surface area (Å²) in [5.74, 6) is 2.17. The van der Waals surface area contributed by atoms with Gasteiger partial charge in [-0.1, -0.05) is 63.1 Å². The SMILES string of the molecule is CCCCN(Cc1ccc(OC)c(OC)c1)Cc1c(-c2ccc(F)cc2)nc(-c2ccccc2)n1CCCC. The van der Waals surface area contributed by atoms with Crippen molar-refractivity contribution in [2.75, 3.05) is 20.8 Å². The molecule has 206 valence electrons. The number of rotatable bonds is 14. The minimum Gasteiger partial charge on any atom is -0.493 e. The second kappa shape index (κ2) is 13.9. The molecular weight excluding hydrogens is 489 g/mol. The third kappa shape index (κ3) is 7.07. The van der Waals surface area contributed by atoms with Gasteiger partial charge in [0, 0.05) is 30.8 Å². The summed E-state index contributed by atoms with van der Waals surface area (Å²) in [5.41, 5.74) is 5.25. The highest BCUT2D eigenvalue weighted by Gasteiger charge is 2.22. The molecule has 5 nitrogen and oxygen atoms in total. The van der Waals surface area contributed by atoms with E-state index in [9.17, 15) is 4.39 Å². The summed E-state index contributed by atoms with van der Waals surface area (Å²) in [5, 5.41) is 0. The first-order chi connectivity index (χ1) is 19.1. The summed E-state index contributed by atoms with van der Waals surface area (Å²) in [7, 11) is 3.33. The molecule has 0 atom stereocenters. The maximum absolute atomic E-state index is 13.9. The zero-order valence-electron chi connectivity index (χ0n) is 23.6. The van der Waals surface area contributed by atoms with E-state index in [1.54, 1.807) is 14.2 Å². The molecule has 1 aromatic heterocycles. The lowest BCUT2D eigenvalue weighted by molar-refractivity contribution is 0.245. The van der Waals surface area contributed by atoms with Crippen LogP contribution in [0.1, 0.15) is 50.8 Å². The van der Waals surface area contributed by atoms with Crippen molar-refractivity contribution in [3.63, 3.8) is 0 Å². The number of halogens is 1. The van der Waals surface area contributed by atoms with Crippen LogP contribution in [0.25, 0.3) is 22.6 Å². The van der Waals surface area contributed by atoms with Crippen molar-refractivity contribution in [3.8, 4) is 34.1 Å². The van der Waals surface area contributed by atoms with Crippen molar-refractivity contribution in [1.82, 2.24) is 14.5 Å². The van der Waals surface area contributed by atoms with E-state index in [4.69, 9.17) is 14.5 Å². The Balaban J connectivity index is 1.79. The molecule has 0 N–H and O–H groups in total. The molecule has 0 unspecified atom stereocenters. The first kappa shape index (κ1) is 28.4. The fourth-order valence-corrected chi connectivity index (χ4v) is 4.90. The predicted octanol–water partition coefficient (Wildman–Crippen LogP) is 7.98. The number of hydrogen-bond acceptors (Lipinski definition) is 4. The standard InChI is InChI=1S/C33H40FN3O2/c1-5-7-20-36(23-25-14-19-30(38-3)31(22-25)39-4)24-29-32(26-15-17-28(34)18-16-26)35-33(37(29)21-8-6-2)27-12-10-9-11-13-27/h9-19,22H,5-8,20-21,23-24H2,1-4H3. The van der Waals surface area contributed by atoms with E-state index in [1.807, 2.05) is 24.3 Å². The molecule has 0 radical (unpaired) electrons. The van der Waals surface area contributed by atoms with Gasteiger partial charge in [0.15, 0.2) is 11.5 Å². The normalized spacial score (nSPS) is 11.2. The van der Waals surface area contributed by atoms with Crippen LogP contribution in [0.3, 0.4) is 0 Å². The van der Waals surface area contributed by atoms with E-state index in [0.29, 0.717) is 0 Å². The van der Waals surface area contributed by atoms with Gasteiger partial charge in [0.05, 0.1) is 25.6 Å². The summed E-state index contributed by atoms with van der Waals surface area (Å²) in [6, 6.07) is 23.2. The minimum absolute atomic E-state index is 0.243. The first-order valence-corrected chi connectivity index (χ1v) is 13.9. The lowest BCUT2D eigenvalue weighted by atomic mass is 10.1. The summed E-state index contributed by atoms with van der Waals surface area (Å²) in [6.07, 6.45) is 4.34. The quantitative estimate of drug-likeness (QED) is 0.166. The highest BCUT2D eigenvalue weighted by atomic mass is 19.1. The molecule has 0 aliphatic heterocycles. The van der Waals surface area contributed by atoms with Crippen molar-refractivity contribution >= 4 is 0 Å². The molecule has 4 rings (SSSR count). The zero-order chi connectivity index (χ0) is 27.6. The van der Waals surface area contributed by atoms with E-state index >= 15 is 0 Å². The smallest absolute Gasteiger partial charge is 0.161 e. The zero-order valence-corrected chi connectivity index (χ0v) is 23.6. The third-order valence-electron chi connectivity index (χ3n) is 7.01. The molecule has 0 saturated carbocycles. The number of imidazole rings is 1. The number of hydrogen-bond donors (Lipinski definition) is 0. The molecular formula is C33H40FN3O2. The van der Waals surface area contributed by atoms with Crippen LogP contribution in [0.2, 0.25) is 0 Å². The number of ether oxygens (including phenoxy) is 2. The molecule has 3 aromatic carbocycles. The highest BCUT2D eigenvalue weighted by molar-refractivity contribution is 5.68. The van der Waals surface area contributed by atoms with Crippen LogP contribution < -0.4 is 9.47 Å². The summed E-state index contributed by atoms with van der Waals surface area (Å²) in [4.78, 5) is 7.68. The average Bonchev–Trinajstić information content (AvgIpc) is 3.33. The molecule has 0 aliphatic rings. The van der Waals surface area contributed by atoms with Gasteiger partial charge >= 0.3 is 0 Å². The molecule has 0 aliphatic carbocycles. The van der Waals surface area contributed by atoms with Crippen LogP contribution >= 0.6 is 0 Å².